The molecule has 3 atom stereocenters. The highest BCUT2D eigenvalue weighted by atomic mass is 32.2. The van der Waals surface area contributed by atoms with Gasteiger partial charge in [-0.2, -0.15) is 13.2 Å². The first kappa shape index (κ1) is 27.1. The molecule has 0 bridgehead atoms. The number of benzene rings is 1. The monoisotopic (exact) mass is 523 g/mol. The van der Waals surface area contributed by atoms with E-state index in [-0.39, 0.29) is 36.0 Å². The summed E-state index contributed by atoms with van der Waals surface area (Å²) in [7, 11) is 0. The topological polar surface area (TPSA) is 66.4 Å². The maximum Gasteiger partial charge on any atom is 0.416 e. The quantitative estimate of drug-likeness (QED) is 0.359. The Kier molecular flexibility index (Phi) is 8.88. The number of carboxylic acid groups (broad SMARTS) is 1. The van der Waals surface area contributed by atoms with Crippen molar-refractivity contribution in [2.75, 3.05) is 6.54 Å². The van der Waals surface area contributed by atoms with Gasteiger partial charge in [-0.05, 0) is 55.2 Å². The molecule has 9 heteroatoms. The van der Waals surface area contributed by atoms with Crippen molar-refractivity contribution in [3.8, 4) is 0 Å². The van der Waals surface area contributed by atoms with Gasteiger partial charge >= 0.3 is 12.1 Å². The normalized spacial score (nSPS) is 19.0. The molecule has 1 heterocycles. The lowest BCUT2D eigenvalue weighted by atomic mass is 9.79. The summed E-state index contributed by atoms with van der Waals surface area (Å²) in [6, 6.07) is 9.12. The molecule has 0 fully saturated rings. The third-order valence-corrected chi connectivity index (χ3v) is 8.60. The summed E-state index contributed by atoms with van der Waals surface area (Å²) in [6.45, 7) is 6.25. The summed E-state index contributed by atoms with van der Waals surface area (Å²) < 4.78 is 38.8. The highest BCUT2D eigenvalue weighted by Crippen LogP contribution is 2.46. The fraction of sp³-hybridized carbons (Fsp3) is 0.385. The lowest BCUT2D eigenvalue weighted by molar-refractivity contribution is -0.138. The van der Waals surface area contributed by atoms with E-state index < -0.39 is 17.7 Å². The van der Waals surface area contributed by atoms with Crippen molar-refractivity contribution >= 4 is 35.0 Å². The molecule has 3 unspecified atom stereocenters. The Morgan fingerprint density at radius 3 is 2.43 bits per heavy atom. The number of carboxylic acids is 1. The molecule has 0 saturated heterocycles. The van der Waals surface area contributed by atoms with Crippen LogP contribution in [0.1, 0.15) is 70.5 Å². The Balaban J connectivity index is 1.68. The van der Waals surface area contributed by atoms with Crippen LogP contribution >= 0.6 is 23.1 Å². The van der Waals surface area contributed by atoms with Crippen LogP contribution in [0.5, 0.6) is 0 Å². The number of amides is 1. The molecule has 1 aromatic heterocycles. The number of thioether (sulfide) groups is 1. The first-order valence-electron chi connectivity index (χ1n) is 11.3. The maximum absolute atomic E-state index is 12.9. The van der Waals surface area contributed by atoms with E-state index in [0.29, 0.717) is 4.88 Å². The van der Waals surface area contributed by atoms with E-state index in [4.69, 9.17) is 5.11 Å². The Labute approximate surface area is 211 Å². The summed E-state index contributed by atoms with van der Waals surface area (Å²) in [6.07, 6.45) is 0.648. The van der Waals surface area contributed by atoms with Crippen molar-refractivity contribution in [3.05, 3.63) is 79.9 Å². The number of aliphatic carboxylic acids is 1. The van der Waals surface area contributed by atoms with Crippen LogP contribution in [0.25, 0.3) is 0 Å². The average molecular weight is 524 g/mol. The number of carbonyl (C=O) groups excluding carboxylic acids is 1. The van der Waals surface area contributed by atoms with Gasteiger partial charge < -0.3 is 10.4 Å². The number of halogens is 3. The molecule has 0 radical (unpaired) electrons. The molecule has 0 spiro atoms. The largest absolute Gasteiger partial charge is 0.481 e. The third kappa shape index (κ3) is 7.01. The fourth-order valence-corrected chi connectivity index (χ4v) is 6.69. The Morgan fingerprint density at radius 2 is 1.86 bits per heavy atom. The SMILES string of the molecule is CCC(SC1=CC(C)C(c2ccc(C(F)(F)F)cc2)C(C)=C1)c1ccc(C(=O)NCCC(=O)O)s1. The lowest BCUT2D eigenvalue weighted by Crippen LogP contribution is -2.25. The molecule has 0 aliphatic heterocycles. The molecule has 2 aromatic rings. The van der Waals surface area contributed by atoms with E-state index in [1.807, 2.05) is 13.0 Å². The Bertz CT molecular complexity index is 1120. The van der Waals surface area contributed by atoms with Crippen molar-refractivity contribution in [1.82, 2.24) is 5.32 Å². The first-order valence-corrected chi connectivity index (χ1v) is 13.0. The van der Waals surface area contributed by atoms with Gasteiger partial charge in [0.05, 0.1) is 16.9 Å². The van der Waals surface area contributed by atoms with Gasteiger partial charge in [-0.3, -0.25) is 9.59 Å². The Hall–Kier alpha value is -2.52. The van der Waals surface area contributed by atoms with Crippen LogP contribution in [0.2, 0.25) is 0 Å². The van der Waals surface area contributed by atoms with Gasteiger partial charge in [-0.15, -0.1) is 23.1 Å². The number of rotatable bonds is 9. The van der Waals surface area contributed by atoms with Gasteiger partial charge in [0.1, 0.15) is 0 Å². The van der Waals surface area contributed by atoms with E-state index in [9.17, 15) is 22.8 Å². The van der Waals surface area contributed by atoms with Crippen LogP contribution < -0.4 is 5.32 Å². The van der Waals surface area contributed by atoms with E-state index in [0.717, 1.165) is 39.5 Å². The molecule has 1 amide bonds. The smallest absolute Gasteiger partial charge is 0.416 e. The maximum atomic E-state index is 12.9. The van der Waals surface area contributed by atoms with Crippen molar-refractivity contribution in [2.45, 2.75) is 51.0 Å². The molecule has 35 heavy (non-hydrogen) atoms. The van der Waals surface area contributed by atoms with E-state index in [2.05, 4.69) is 31.3 Å². The average Bonchev–Trinajstić information content (AvgIpc) is 3.27. The number of hydrogen-bond donors (Lipinski definition) is 2. The van der Waals surface area contributed by atoms with Gasteiger partial charge in [-0.1, -0.05) is 37.6 Å². The zero-order chi connectivity index (χ0) is 25.8. The van der Waals surface area contributed by atoms with Crippen LogP contribution in [0, 0.1) is 5.92 Å². The second-order valence-electron chi connectivity index (χ2n) is 8.53. The number of thiophene rings is 1. The molecule has 1 aliphatic rings. The van der Waals surface area contributed by atoms with Crippen LogP contribution in [0.15, 0.2) is 59.0 Å². The molecular weight excluding hydrogens is 495 g/mol. The van der Waals surface area contributed by atoms with Crippen LogP contribution in [0.3, 0.4) is 0 Å². The zero-order valence-corrected chi connectivity index (χ0v) is 21.3. The summed E-state index contributed by atoms with van der Waals surface area (Å²) in [5.41, 5.74) is 1.32. The third-order valence-electron chi connectivity index (χ3n) is 5.85. The highest BCUT2D eigenvalue weighted by Gasteiger charge is 2.31. The number of carbonyl (C=O) groups is 2. The molecule has 1 aromatic carbocycles. The second-order valence-corrected chi connectivity index (χ2v) is 10.9. The lowest BCUT2D eigenvalue weighted by Gasteiger charge is -2.29. The van der Waals surface area contributed by atoms with E-state index >= 15 is 0 Å². The van der Waals surface area contributed by atoms with Crippen LogP contribution in [0.4, 0.5) is 13.2 Å². The Morgan fingerprint density at radius 1 is 1.17 bits per heavy atom. The summed E-state index contributed by atoms with van der Waals surface area (Å²) >= 11 is 3.12. The standard InChI is InChI=1S/C26H28F3NO3S2/c1-4-20(21-9-10-22(35-21)25(33)30-12-11-23(31)32)34-19-13-15(2)24(16(3)14-19)17-5-7-18(8-6-17)26(27,28)29/h5-10,13-15,20,24H,4,11-12H2,1-3H3,(H,30,33)(H,31,32). The fourth-order valence-electron chi connectivity index (χ4n) is 4.18. The molecule has 4 nitrogen and oxygen atoms in total. The summed E-state index contributed by atoms with van der Waals surface area (Å²) in [5.74, 6) is -1.10. The van der Waals surface area contributed by atoms with Crippen LogP contribution in [-0.2, 0) is 11.0 Å². The highest BCUT2D eigenvalue weighted by molar-refractivity contribution is 8.03. The molecule has 2 N–H and O–H groups in total. The van der Waals surface area contributed by atoms with Crippen molar-refractivity contribution in [3.63, 3.8) is 0 Å². The van der Waals surface area contributed by atoms with E-state index in [1.54, 1.807) is 30.0 Å². The molecule has 188 valence electrons. The molecule has 0 saturated carbocycles. The summed E-state index contributed by atoms with van der Waals surface area (Å²) in [5, 5.41) is 11.5. The zero-order valence-electron chi connectivity index (χ0n) is 19.7. The van der Waals surface area contributed by atoms with Gasteiger partial charge in [-0.25, -0.2) is 0 Å². The van der Waals surface area contributed by atoms with Crippen molar-refractivity contribution in [2.24, 2.45) is 5.92 Å². The predicted octanol–water partition coefficient (Wildman–Crippen LogP) is 7.42. The number of allylic oxidation sites excluding steroid dienone is 3. The van der Waals surface area contributed by atoms with Gasteiger partial charge in [0, 0.05) is 27.5 Å². The molecule has 3 rings (SSSR count). The predicted molar refractivity (Wildman–Crippen MR) is 135 cm³/mol. The minimum absolute atomic E-state index is 0.0181. The molecule has 1 aliphatic carbocycles. The van der Waals surface area contributed by atoms with Crippen molar-refractivity contribution in [1.29, 1.82) is 0 Å². The number of nitrogens with one attached hydrogen (secondary N) is 1. The van der Waals surface area contributed by atoms with Crippen LogP contribution in [-0.4, -0.2) is 23.5 Å². The number of alkyl halides is 3. The van der Waals surface area contributed by atoms with Gasteiger partial charge in [0.15, 0.2) is 0 Å². The van der Waals surface area contributed by atoms with Gasteiger partial charge in [0.25, 0.3) is 5.91 Å². The molecular formula is C26H28F3NO3S2. The first-order chi connectivity index (χ1) is 16.5. The van der Waals surface area contributed by atoms with E-state index in [1.165, 1.54) is 11.3 Å². The minimum Gasteiger partial charge on any atom is -0.481 e. The van der Waals surface area contributed by atoms with Crippen molar-refractivity contribution < 1.29 is 27.9 Å². The second kappa shape index (κ2) is 11.5. The summed E-state index contributed by atoms with van der Waals surface area (Å²) in [4.78, 5) is 25.6. The number of hydrogen-bond acceptors (Lipinski definition) is 4. The van der Waals surface area contributed by atoms with Gasteiger partial charge in [0.2, 0.25) is 0 Å². The minimum atomic E-state index is -4.35.